The van der Waals surface area contributed by atoms with Gasteiger partial charge in [-0.2, -0.15) is 0 Å². The zero-order valence-corrected chi connectivity index (χ0v) is 15.5. The van der Waals surface area contributed by atoms with Crippen LogP contribution in [0.25, 0.3) is 0 Å². The molecule has 0 heterocycles. The Morgan fingerprint density at radius 1 is 0.958 bits per heavy atom. The highest BCUT2D eigenvalue weighted by Gasteiger charge is 2.20. The number of benzene rings is 1. The summed E-state index contributed by atoms with van der Waals surface area (Å²) in [5.74, 6) is 1.57. The Balaban J connectivity index is 1.74. The summed E-state index contributed by atoms with van der Waals surface area (Å²) in [6, 6.07) is 9.12. The molecule has 1 aromatic carbocycles. The van der Waals surface area contributed by atoms with Gasteiger partial charge in [-0.3, -0.25) is 0 Å². The highest BCUT2D eigenvalue weighted by molar-refractivity contribution is 5.25. The Labute approximate surface area is 148 Å². The molecule has 0 aliphatic heterocycles. The van der Waals surface area contributed by atoms with Crippen LogP contribution in [-0.4, -0.2) is 6.61 Å². The number of unbranched alkanes of at least 4 members (excludes halogenated alkanes) is 1. The summed E-state index contributed by atoms with van der Waals surface area (Å²) in [5.41, 5.74) is 2.79. The quantitative estimate of drug-likeness (QED) is 0.358. The summed E-state index contributed by atoms with van der Waals surface area (Å²) in [6.07, 6.45) is 18.0. The van der Waals surface area contributed by atoms with Gasteiger partial charge in [-0.25, -0.2) is 0 Å². The maximum Gasteiger partial charge on any atom is 0.0721 e. The topological polar surface area (TPSA) is 9.23 Å². The Morgan fingerprint density at radius 3 is 2.38 bits per heavy atom. The van der Waals surface area contributed by atoms with Gasteiger partial charge in [-0.1, -0.05) is 68.8 Å². The van der Waals surface area contributed by atoms with Crippen LogP contribution < -0.4 is 0 Å². The molecule has 2 rings (SSSR count). The minimum atomic E-state index is 0.712. The van der Waals surface area contributed by atoms with Gasteiger partial charge in [0.15, 0.2) is 0 Å². The lowest BCUT2D eigenvalue weighted by molar-refractivity contribution is 0.148. The van der Waals surface area contributed by atoms with Crippen molar-refractivity contribution in [3.05, 3.63) is 59.7 Å². The molecule has 0 atom stereocenters. The van der Waals surface area contributed by atoms with Crippen LogP contribution in [0.2, 0.25) is 0 Å². The molecule has 1 saturated carbocycles. The first kappa shape index (κ1) is 19.0. The maximum absolute atomic E-state index is 5.67. The second-order valence-electron chi connectivity index (χ2n) is 6.96. The molecule has 1 heteroatoms. The summed E-state index contributed by atoms with van der Waals surface area (Å²) < 4.78 is 5.67. The minimum Gasteiger partial charge on any atom is -0.373 e. The lowest BCUT2D eigenvalue weighted by Gasteiger charge is -2.27. The van der Waals surface area contributed by atoms with E-state index in [9.17, 15) is 0 Å². The molecule has 0 spiro atoms. The number of ether oxygens (including phenoxy) is 1. The van der Waals surface area contributed by atoms with E-state index in [-0.39, 0.29) is 0 Å². The molecule has 0 aromatic heterocycles. The molecule has 1 nitrogen and oxygen atoms in total. The van der Waals surface area contributed by atoms with Crippen LogP contribution in [0.5, 0.6) is 0 Å². The number of allylic oxidation sites excluding steroid dienone is 3. The van der Waals surface area contributed by atoms with E-state index < -0.39 is 0 Å². The van der Waals surface area contributed by atoms with E-state index in [0.29, 0.717) is 13.2 Å². The fraction of sp³-hybridized carbons (Fsp3) is 0.565. The Kier molecular flexibility index (Phi) is 8.91. The minimum absolute atomic E-state index is 0.712. The fourth-order valence-corrected chi connectivity index (χ4v) is 3.47. The molecule has 132 valence electrons. The first-order valence-electron chi connectivity index (χ1n) is 9.81. The smallest absolute Gasteiger partial charge is 0.0721 e. The van der Waals surface area contributed by atoms with Gasteiger partial charge in [0.05, 0.1) is 13.2 Å². The number of hydrogen-bond donors (Lipinski definition) is 0. The highest BCUT2D eigenvalue weighted by Crippen LogP contribution is 2.36. The van der Waals surface area contributed by atoms with E-state index in [4.69, 9.17) is 4.74 Å². The maximum atomic E-state index is 5.67. The van der Waals surface area contributed by atoms with Gasteiger partial charge in [-0.15, -0.1) is 0 Å². The van der Waals surface area contributed by atoms with Gasteiger partial charge < -0.3 is 4.74 Å². The summed E-state index contributed by atoms with van der Waals surface area (Å²) >= 11 is 0. The van der Waals surface area contributed by atoms with Crippen LogP contribution in [0.15, 0.2) is 48.6 Å². The van der Waals surface area contributed by atoms with Crippen molar-refractivity contribution in [3.63, 3.8) is 0 Å². The summed E-state index contributed by atoms with van der Waals surface area (Å²) in [5, 5.41) is 0. The van der Waals surface area contributed by atoms with Crippen LogP contribution in [-0.2, 0) is 11.3 Å². The number of rotatable bonds is 9. The van der Waals surface area contributed by atoms with Crippen molar-refractivity contribution in [2.75, 3.05) is 6.61 Å². The third-order valence-electron chi connectivity index (χ3n) is 4.97. The van der Waals surface area contributed by atoms with Crippen LogP contribution >= 0.6 is 0 Å². The summed E-state index contributed by atoms with van der Waals surface area (Å²) in [6.45, 7) is 5.82. The Hall–Kier alpha value is -1.34. The van der Waals surface area contributed by atoms with Crippen LogP contribution in [0, 0.1) is 5.92 Å². The lowest BCUT2D eigenvalue weighted by atomic mass is 9.78. The molecule has 0 amide bonds. The molecular formula is C23H34O. The van der Waals surface area contributed by atoms with Gasteiger partial charge in [-0.05, 0) is 61.5 Å². The SMILES string of the molecule is CCC=CCOCc1ccc(C2CCC(/C=C/CCC)CC2)cc1. The Bertz CT molecular complexity index is 489. The fourth-order valence-electron chi connectivity index (χ4n) is 3.47. The van der Waals surface area contributed by atoms with Crippen molar-refractivity contribution in [2.45, 2.75) is 71.3 Å². The normalized spacial score (nSPS) is 21.8. The van der Waals surface area contributed by atoms with Gasteiger partial charge in [0.2, 0.25) is 0 Å². The zero-order valence-electron chi connectivity index (χ0n) is 15.5. The Morgan fingerprint density at radius 2 is 1.71 bits per heavy atom. The van der Waals surface area contributed by atoms with E-state index in [1.165, 1.54) is 49.7 Å². The van der Waals surface area contributed by atoms with Crippen molar-refractivity contribution in [2.24, 2.45) is 5.92 Å². The molecule has 1 aromatic rings. The second-order valence-corrected chi connectivity index (χ2v) is 6.96. The van der Waals surface area contributed by atoms with Gasteiger partial charge in [0.1, 0.15) is 0 Å². The predicted molar refractivity (Wildman–Crippen MR) is 104 cm³/mol. The monoisotopic (exact) mass is 326 g/mol. The van der Waals surface area contributed by atoms with Crippen molar-refractivity contribution in [1.82, 2.24) is 0 Å². The molecule has 0 N–H and O–H groups in total. The molecule has 24 heavy (non-hydrogen) atoms. The van der Waals surface area contributed by atoms with Crippen LogP contribution in [0.1, 0.15) is 75.8 Å². The molecule has 0 saturated heterocycles. The molecular weight excluding hydrogens is 292 g/mol. The molecule has 0 radical (unpaired) electrons. The van der Waals surface area contributed by atoms with Crippen molar-refractivity contribution in [3.8, 4) is 0 Å². The molecule has 1 fully saturated rings. The van der Waals surface area contributed by atoms with Crippen LogP contribution in [0.3, 0.4) is 0 Å². The zero-order chi connectivity index (χ0) is 17.0. The van der Waals surface area contributed by atoms with E-state index in [1.54, 1.807) is 0 Å². The van der Waals surface area contributed by atoms with Crippen molar-refractivity contribution < 1.29 is 4.74 Å². The third-order valence-corrected chi connectivity index (χ3v) is 4.97. The van der Waals surface area contributed by atoms with Gasteiger partial charge in [0.25, 0.3) is 0 Å². The van der Waals surface area contributed by atoms with Gasteiger partial charge >= 0.3 is 0 Å². The number of hydrogen-bond acceptors (Lipinski definition) is 1. The summed E-state index contributed by atoms with van der Waals surface area (Å²) in [7, 11) is 0. The van der Waals surface area contributed by atoms with Gasteiger partial charge in [0, 0.05) is 0 Å². The highest BCUT2D eigenvalue weighted by atomic mass is 16.5. The largest absolute Gasteiger partial charge is 0.373 e. The molecule has 0 unspecified atom stereocenters. The van der Waals surface area contributed by atoms with E-state index in [1.807, 2.05) is 0 Å². The van der Waals surface area contributed by atoms with Crippen molar-refractivity contribution >= 4 is 0 Å². The molecule has 1 aliphatic rings. The summed E-state index contributed by atoms with van der Waals surface area (Å²) in [4.78, 5) is 0. The average molecular weight is 327 g/mol. The second kappa shape index (κ2) is 11.3. The lowest BCUT2D eigenvalue weighted by Crippen LogP contribution is -2.11. The third kappa shape index (κ3) is 6.65. The van der Waals surface area contributed by atoms with Crippen molar-refractivity contribution in [1.29, 1.82) is 0 Å². The predicted octanol–water partition coefficient (Wildman–Crippen LogP) is 6.80. The van der Waals surface area contributed by atoms with E-state index in [2.05, 4.69) is 62.4 Å². The van der Waals surface area contributed by atoms with Crippen LogP contribution in [0.4, 0.5) is 0 Å². The first-order chi connectivity index (χ1) is 11.8. The first-order valence-corrected chi connectivity index (χ1v) is 9.81. The standard InChI is InChI=1S/C23H34O/c1-3-5-7-9-20-10-14-22(15-11-20)23-16-12-21(13-17-23)19-24-18-8-6-4-2/h6-9,12-13,16-17,20,22H,3-5,10-11,14-15,18-19H2,1-2H3/b8-6?,9-7+. The van der Waals surface area contributed by atoms with E-state index in [0.717, 1.165) is 18.3 Å². The average Bonchev–Trinajstić information content (AvgIpc) is 2.63. The molecule has 1 aliphatic carbocycles. The molecule has 0 bridgehead atoms. The van der Waals surface area contributed by atoms with E-state index >= 15 is 0 Å².